The van der Waals surface area contributed by atoms with E-state index in [4.69, 9.17) is 14.2 Å². The van der Waals surface area contributed by atoms with Crippen molar-refractivity contribution in [2.75, 3.05) is 34.5 Å². The van der Waals surface area contributed by atoms with Crippen molar-refractivity contribution in [3.8, 4) is 0 Å². The number of carbonyl (C=O) groups is 3. The van der Waals surface area contributed by atoms with Crippen LogP contribution in [0.15, 0.2) is 0 Å². The molecule has 0 aliphatic heterocycles. The Morgan fingerprint density at radius 1 is 0.513 bits per heavy atom. The van der Waals surface area contributed by atoms with Crippen LogP contribution in [0.25, 0.3) is 0 Å². The molecule has 228 valence electrons. The summed E-state index contributed by atoms with van der Waals surface area (Å²) in [7, 11) is -10.8. The molecule has 6 atom stereocenters. The van der Waals surface area contributed by atoms with Crippen LogP contribution in [0.3, 0.4) is 0 Å². The Hall–Kier alpha value is -1.86. The molecule has 15 nitrogen and oxygen atoms in total. The molecule has 0 spiro atoms. The van der Waals surface area contributed by atoms with Crippen molar-refractivity contribution in [2.24, 2.45) is 0 Å². The zero-order chi connectivity index (χ0) is 30.2. The van der Waals surface area contributed by atoms with Gasteiger partial charge in [-0.25, -0.2) is 25.3 Å². The van der Waals surface area contributed by atoms with E-state index in [1.54, 1.807) is 0 Å². The lowest BCUT2D eigenvalue weighted by Crippen LogP contribution is -2.66. The van der Waals surface area contributed by atoms with E-state index in [1.165, 1.54) is 20.8 Å². The van der Waals surface area contributed by atoms with Crippen molar-refractivity contribution in [1.82, 2.24) is 0 Å². The number of ether oxygens (including phenoxy) is 3. The Labute approximate surface area is 227 Å². The van der Waals surface area contributed by atoms with Gasteiger partial charge in [0.05, 0.1) is 36.5 Å². The topological polar surface area (TPSA) is 242 Å². The highest BCUT2D eigenvalue weighted by Crippen LogP contribution is 2.29. The van der Waals surface area contributed by atoms with Crippen molar-refractivity contribution in [1.29, 1.82) is 0 Å². The molecule has 1 aliphatic carbocycles. The first-order valence-electron chi connectivity index (χ1n) is 12.1. The zero-order valence-electron chi connectivity index (χ0n) is 21.8. The molecule has 2 unspecified atom stereocenters. The highest BCUT2D eigenvalue weighted by Gasteiger charge is 2.55. The van der Waals surface area contributed by atoms with Gasteiger partial charge in [0.15, 0.2) is 47.8 Å². The van der Waals surface area contributed by atoms with Crippen LogP contribution < -0.4 is 0 Å². The molecule has 0 saturated heterocycles. The number of aliphatic hydroxyl groups is 3. The van der Waals surface area contributed by atoms with Gasteiger partial charge in [0.1, 0.15) is 18.3 Å². The minimum atomic E-state index is -3.62. The van der Waals surface area contributed by atoms with Gasteiger partial charge < -0.3 is 29.5 Å². The summed E-state index contributed by atoms with van der Waals surface area (Å²) < 4.78 is 85.7. The molecule has 0 amide bonds. The molecule has 18 heteroatoms. The zero-order valence-corrected chi connectivity index (χ0v) is 24.2. The van der Waals surface area contributed by atoms with Gasteiger partial charge in [0.2, 0.25) is 0 Å². The Morgan fingerprint density at radius 3 is 1.03 bits per heavy atom. The third-order valence-corrected chi connectivity index (χ3v) is 11.1. The molecule has 0 aromatic rings. The lowest BCUT2D eigenvalue weighted by Gasteiger charge is -2.44. The maximum atomic E-state index is 12.5. The monoisotopic (exact) mass is 624 g/mol. The van der Waals surface area contributed by atoms with Crippen LogP contribution >= 0.6 is 0 Å². The molecule has 0 heterocycles. The number of hydrogen-bond donors (Lipinski definition) is 3. The highest BCUT2D eigenvalue weighted by molar-refractivity contribution is 7.91. The number of aliphatic hydroxyl groups excluding tert-OH is 3. The first-order chi connectivity index (χ1) is 17.9. The normalized spacial score (nSPS) is 26.0. The standard InChI is InChI=1S/C21H36O15S3/c1-4-37(28,29)10-7-13(22)34-19-17(26)16(25)18(27)20(35-14(23)8-11-38(30,31)5-2)21(19)36-15(24)9-12-39(32,33)6-3/h16-21,25-27H,4-12H2,1-3H3/t16?,17-,18-,19-,20+,21?/m1/s1. The van der Waals surface area contributed by atoms with E-state index in [1.807, 2.05) is 0 Å². The Morgan fingerprint density at radius 2 is 0.769 bits per heavy atom. The summed E-state index contributed by atoms with van der Waals surface area (Å²) in [5, 5.41) is 31.3. The minimum absolute atomic E-state index is 0.274. The predicted molar refractivity (Wildman–Crippen MR) is 134 cm³/mol. The Bertz CT molecular complexity index is 1110. The molecule has 0 bridgehead atoms. The molecule has 0 aromatic carbocycles. The largest absolute Gasteiger partial charge is 0.455 e. The third-order valence-electron chi connectivity index (χ3n) is 5.99. The van der Waals surface area contributed by atoms with Crippen LogP contribution in [0.1, 0.15) is 40.0 Å². The smallest absolute Gasteiger partial charge is 0.307 e. The van der Waals surface area contributed by atoms with E-state index in [9.17, 15) is 55.0 Å². The molecule has 3 N–H and O–H groups in total. The van der Waals surface area contributed by atoms with Crippen molar-refractivity contribution in [3.63, 3.8) is 0 Å². The predicted octanol–water partition coefficient (Wildman–Crippen LogP) is -2.71. The molecule has 1 saturated carbocycles. The van der Waals surface area contributed by atoms with E-state index in [0.29, 0.717) is 0 Å². The molecule has 1 rings (SSSR count). The van der Waals surface area contributed by atoms with E-state index < -0.39 is 121 Å². The summed E-state index contributed by atoms with van der Waals surface area (Å²) in [6.07, 6.45) is -14.4. The van der Waals surface area contributed by atoms with E-state index in [-0.39, 0.29) is 17.3 Å². The van der Waals surface area contributed by atoms with Gasteiger partial charge >= 0.3 is 17.9 Å². The first kappa shape index (κ1) is 35.2. The van der Waals surface area contributed by atoms with Crippen molar-refractivity contribution in [2.45, 2.75) is 76.7 Å². The average molecular weight is 625 g/mol. The fourth-order valence-electron chi connectivity index (χ4n) is 3.36. The molecule has 1 aliphatic rings. The summed E-state index contributed by atoms with van der Waals surface area (Å²) in [4.78, 5) is 37.2. The van der Waals surface area contributed by atoms with Crippen LogP contribution in [0, 0.1) is 0 Å². The van der Waals surface area contributed by atoms with E-state index in [2.05, 4.69) is 0 Å². The molecular formula is C21H36O15S3. The average Bonchev–Trinajstić information content (AvgIpc) is 2.88. The van der Waals surface area contributed by atoms with Crippen LogP contribution in [0.2, 0.25) is 0 Å². The van der Waals surface area contributed by atoms with E-state index in [0.717, 1.165) is 0 Å². The molecule has 1 fully saturated rings. The number of rotatable bonds is 15. The van der Waals surface area contributed by atoms with Gasteiger partial charge in [-0.15, -0.1) is 0 Å². The van der Waals surface area contributed by atoms with Crippen LogP contribution in [0.5, 0.6) is 0 Å². The van der Waals surface area contributed by atoms with Crippen molar-refractivity contribution in [3.05, 3.63) is 0 Å². The second kappa shape index (κ2) is 14.7. The van der Waals surface area contributed by atoms with Gasteiger partial charge in [-0.2, -0.15) is 0 Å². The summed E-state index contributed by atoms with van der Waals surface area (Å²) >= 11 is 0. The Kier molecular flexibility index (Phi) is 13.2. The number of sulfone groups is 3. The lowest BCUT2D eigenvalue weighted by molar-refractivity contribution is -0.247. The van der Waals surface area contributed by atoms with Crippen LogP contribution in [-0.2, 0) is 58.1 Å². The fraction of sp³-hybridized carbons (Fsp3) is 0.857. The fourth-order valence-corrected chi connectivity index (χ4v) is 5.65. The third kappa shape index (κ3) is 11.3. The van der Waals surface area contributed by atoms with Gasteiger partial charge in [0, 0.05) is 17.3 Å². The molecular weight excluding hydrogens is 588 g/mol. The highest BCUT2D eigenvalue weighted by atomic mass is 32.2. The van der Waals surface area contributed by atoms with Crippen LogP contribution in [-0.4, -0.2) is 130 Å². The summed E-state index contributed by atoms with van der Waals surface area (Å²) in [5.41, 5.74) is 0. The minimum Gasteiger partial charge on any atom is -0.455 e. The number of hydrogen-bond acceptors (Lipinski definition) is 15. The van der Waals surface area contributed by atoms with Gasteiger partial charge in [-0.3, -0.25) is 14.4 Å². The molecule has 0 radical (unpaired) electrons. The van der Waals surface area contributed by atoms with Gasteiger partial charge in [-0.05, 0) is 0 Å². The van der Waals surface area contributed by atoms with Crippen molar-refractivity contribution < 1.29 is 69.2 Å². The second-order valence-electron chi connectivity index (χ2n) is 8.79. The quantitative estimate of drug-likeness (QED) is 0.124. The van der Waals surface area contributed by atoms with Crippen LogP contribution in [0.4, 0.5) is 0 Å². The summed E-state index contributed by atoms with van der Waals surface area (Å²) in [6, 6.07) is 0. The van der Waals surface area contributed by atoms with Gasteiger partial charge in [0.25, 0.3) is 0 Å². The Balaban J connectivity index is 3.25. The second-order valence-corrected chi connectivity index (χ2v) is 16.2. The van der Waals surface area contributed by atoms with E-state index >= 15 is 0 Å². The summed E-state index contributed by atoms with van der Waals surface area (Å²) in [5.74, 6) is -6.33. The summed E-state index contributed by atoms with van der Waals surface area (Å²) in [6.45, 7) is 4.04. The lowest BCUT2D eigenvalue weighted by atomic mass is 9.84. The molecule has 39 heavy (non-hydrogen) atoms. The maximum Gasteiger partial charge on any atom is 0.307 e. The number of carbonyl (C=O) groups excluding carboxylic acids is 3. The first-order valence-corrected chi connectivity index (χ1v) is 17.6. The van der Waals surface area contributed by atoms with Gasteiger partial charge in [-0.1, -0.05) is 20.8 Å². The maximum absolute atomic E-state index is 12.5. The SMILES string of the molecule is CCS(=O)(=O)CCC(=O)OC1[C@@H](OC(=O)CCS(=O)(=O)CC)[C@H](O)C(O)[C@@H](O)[C@H]1OC(=O)CCS(=O)(=O)CC. The molecule has 0 aromatic heterocycles. The van der Waals surface area contributed by atoms with Crippen molar-refractivity contribution >= 4 is 47.4 Å². The number of esters is 3.